The fraction of sp³-hybridized carbons (Fsp3) is 0.538. The van der Waals surface area contributed by atoms with E-state index in [0.29, 0.717) is 6.04 Å². The van der Waals surface area contributed by atoms with Gasteiger partial charge in [0.2, 0.25) is 5.95 Å². The molecule has 1 N–H and O–H groups in total. The zero-order chi connectivity index (χ0) is 12.5. The fourth-order valence-electron chi connectivity index (χ4n) is 2.58. The molecule has 0 radical (unpaired) electrons. The molecule has 0 amide bonds. The summed E-state index contributed by atoms with van der Waals surface area (Å²) in [5.74, 6) is 0.937. The fourth-order valence-corrected chi connectivity index (χ4v) is 2.58. The number of aryl methyl sites for hydroxylation is 2. The Hall–Kier alpha value is -1.78. The summed E-state index contributed by atoms with van der Waals surface area (Å²) in [6, 6.07) is 0.572. The number of anilines is 1. The summed E-state index contributed by atoms with van der Waals surface area (Å²) in [4.78, 5) is 4.57. The molecule has 96 valence electrons. The van der Waals surface area contributed by atoms with Gasteiger partial charge in [0.05, 0.1) is 17.6 Å². The third kappa shape index (κ3) is 2.12. The summed E-state index contributed by atoms with van der Waals surface area (Å²) >= 11 is 0. The van der Waals surface area contributed by atoms with Crippen LogP contribution in [-0.2, 0) is 7.05 Å². The van der Waals surface area contributed by atoms with Gasteiger partial charge in [-0.15, -0.1) is 0 Å². The molecule has 1 aliphatic rings. The summed E-state index contributed by atoms with van der Waals surface area (Å²) in [6.45, 7) is 2.02. The van der Waals surface area contributed by atoms with Crippen molar-refractivity contribution in [3.05, 3.63) is 24.3 Å². The van der Waals surface area contributed by atoms with Crippen LogP contribution in [0.15, 0.2) is 18.6 Å². The second-order valence-electron chi connectivity index (χ2n) is 5.07. The van der Waals surface area contributed by atoms with Crippen LogP contribution in [0.1, 0.15) is 31.4 Å². The molecule has 18 heavy (non-hydrogen) atoms. The second-order valence-corrected chi connectivity index (χ2v) is 5.07. The van der Waals surface area contributed by atoms with Crippen molar-refractivity contribution < 1.29 is 0 Å². The molecule has 1 fully saturated rings. The largest absolute Gasteiger partial charge is 0.353 e. The van der Waals surface area contributed by atoms with Crippen LogP contribution in [0.5, 0.6) is 0 Å². The van der Waals surface area contributed by atoms with Crippen LogP contribution in [0.3, 0.4) is 0 Å². The Morgan fingerprint density at radius 2 is 2.06 bits per heavy atom. The SMILES string of the molecule is Cc1cn(-c2cnn(C)c2)c(NC2CCCC2)n1. The van der Waals surface area contributed by atoms with Gasteiger partial charge in [-0.25, -0.2) is 4.98 Å². The first-order valence-electron chi connectivity index (χ1n) is 6.54. The van der Waals surface area contributed by atoms with Crippen molar-refractivity contribution in [1.82, 2.24) is 19.3 Å². The van der Waals surface area contributed by atoms with E-state index in [1.54, 1.807) is 0 Å². The lowest BCUT2D eigenvalue weighted by atomic mass is 10.2. The lowest BCUT2D eigenvalue weighted by Gasteiger charge is -2.13. The van der Waals surface area contributed by atoms with Crippen LogP contribution in [0.25, 0.3) is 5.69 Å². The van der Waals surface area contributed by atoms with Crippen molar-refractivity contribution in [3.8, 4) is 5.69 Å². The van der Waals surface area contributed by atoms with E-state index in [0.717, 1.165) is 17.3 Å². The van der Waals surface area contributed by atoms with Gasteiger partial charge in [0, 0.05) is 25.5 Å². The van der Waals surface area contributed by atoms with Crippen molar-refractivity contribution in [2.75, 3.05) is 5.32 Å². The highest BCUT2D eigenvalue weighted by atomic mass is 15.3. The molecule has 0 bridgehead atoms. The number of nitrogens with zero attached hydrogens (tertiary/aromatic N) is 4. The monoisotopic (exact) mass is 245 g/mol. The van der Waals surface area contributed by atoms with Gasteiger partial charge < -0.3 is 5.32 Å². The van der Waals surface area contributed by atoms with Crippen LogP contribution in [0.2, 0.25) is 0 Å². The highest BCUT2D eigenvalue weighted by Gasteiger charge is 2.18. The Bertz CT molecular complexity index is 533. The van der Waals surface area contributed by atoms with Gasteiger partial charge in [0.1, 0.15) is 0 Å². The number of aromatic nitrogens is 4. The predicted molar refractivity (Wildman–Crippen MR) is 70.9 cm³/mol. The molecule has 0 saturated heterocycles. The Morgan fingerprint density at radius 3 is 2.72 bits per heavy atom. The number of hydrogen-bond acceptors (Lipinski definition) is 3. The van der Waals surface area contributed by atoms with E-state index >= 15 is 0 Å². The number of nitrogens with one attached hydrogen (secondary N) is 1. The maximum atomic E-state index is 4.57. The average molecular weight is 245 g/mol. The minimum absolute atomic E-state index is 0.572. The Balaban J connectivity index is 1.89. The second kappa shape index (κ2) is 4.48. The molecule has 2 aromatic heterocycles. The first-order valence-corrected chi connectivity index (χ1v) is 6.54. The molecule has 0 spiro atoms. The van der Waals surface area contributed by atoms with E-state index in [4.69, 9.17) is 0 Å². The third-order valence-corrected chi connectivity index (χ3v) is 3.48. The lowest BCUT2D eigenvalue weighted by molar-refractivity contribution is 0.740. The van der Waals surface area contributed by atoms with Crippen molar-refractivity contribution in [3.63, 3.8) is 0 Å². The van der Waals surface area contributed by atoms with Crippen molar-refractivity contribution >= 4 is 5.95 Å². The molecule has 5 heteroatoms. The van der Waals surface area contributed by atoms with E-state index < -0.39 is 0 Å². The van der Waals surface area contributed by atoms with Gasteiger partial charge in [-0.05, 0) is 19.8 Å². The molecule has 0 unspecified atom stereocenters. The lowest BCUT2D eigenvalue weighted by Crippen LogP contribution is -2.17. The highest BCUT2D eigenvalue weighted by molar-refractivity contribution is 5.41. The molecular formula is C13H19N5. The van der Waals surface area contributed by atoms with Gasteiger partial charge in [-0.2, -0.15) is 5.10 Å². The molecule has 1 aliphatic carbocycles. The molecule has 0 atom stereocenters. The van der Waals surface area contributed by atoms with Gasteiger partial charge in [-0.3, -0.25) is 9.25 Å². The quantitative estimate of drug-likeness (QED) is 0.902. The van der Waals surface area contributed by atoms with Gasteiger partial charge in [0.25, 0.3) is 0 Å². The molecule has 0 aromatic carbocycles. The van der Waals surface area contributed by atoms with E-state index in [-0.39, 0.29) is 0 Å². The minimum atomic E-state index is 0.572. The Morgan fingerprint density at radius 1 is 1.28 bits per heavy atom. The van der Waals surface area contributed by atoms with E-state index in [9.17, 15) is 0 Å². The maximum absolute atomic E-state index is 4.57. The van der Waals surface area contributed by atoms with Crippen LogP contribution in [-0.4, -0.2) is 25.4 Å². The molecule has 2 heterocycles. The first-order chi connectivity index (χ1) is 8.72. The molecule has 3 rings (SSSR count). The predicted octanol–water partition coefficient (Wildman–Crippen LogP) is 2.27. The van der Waals surface area contributed by atoms with Gasteiger partial charge >= 0.3 is 0 Å². The van der Waals surface area contributed by atoms with Crippen LogP contribution >= 0.6 is 0 Å². The molecule has 1 saturated carbocycles. The minimum Gasteiger partial charge on any atom is -0.353 e. The maximum Gasteiger partial charge on any atom is 0.208 e. The smallest absolute Gasteiger partial charge is 0.208 e. The zero-order valence-corrected chi connectivity index (χ0v) is 10.9. The number of rotatable bonds is 3. The topological polar surface area (TPSA) is 47.7 Å². The molecule has 2 aromatic rings. The van der Waals surface area contributed by atoms with Crippen molar-refractivity contribution in [2.24, 2.45) is 7.05 Å². The van der Waals surface area contributed by atoms with Crippen LogP contribution in [0, 0.1) is 6.92 Å². The van der Waals surface area contributed by atoms with Crippen LogP contribution < -0.4 is 5.32 Å². The highest BCUT2D eigenvalue weighted by Crippen LogP contribution is 2.23. The summed E-state index contributed by atoms with van der Waals surface area (Å²) in [7, 11) is 1.93. The van der Waals surface area contributed by atoms with Gasteiger partial charge in [-0.1, -0.05) is 12.8 Å². The van der Waals surface area contributed by atoms with E-state index in [1.807, 2.05) is 37.2 Å². The summed E-state index contributed by atoms with van der Waals surface area (Å²) in [5, 5.41) is 7.77. The number of hydrogen-bond donors (Lipinski definition) is 1. The molecule has 5 nitrogen and oxygen atoms in total. The Kier molecular flexibility index (Phi) is 2.81. The third-order valence-electron chi connectivity index (χ3n) is 3.48. The summed E-state index contributed by atoms with van der Waals surface area (Å²) in [5.41, 5.74) is 2.08. The number of imidazole rings is 1. The zero-order valence-electron chi connectivity index (χ0n) is 10.9. The Labute approximate surface area is 107 Å². The molecular weight excluding hydrogens is 226 g/mol. The van der Waals surface area contributed by atoms with Crippen molar-refractivity contribution in [2.45, 2.75) is 38.6 Å². The normalized spacial score (nSPS) is 16.3. The van der Waals surface area contributed by atoms with Crippen molar-refractivity contribution in [1.29, 1.82) is 0 Å². The van der Waals surface area contributed by atoms with Crippen LogP contribution in [0.4, 0.5) is 5.95 Å². The summed E-state index contributed by atoms with van der Waals surface area (Å²) < 4.78 is 3.89. The summed E-state index contributed by atoms with van der Waals surface area (Å²) in [6.07, 6.45) is 11.1. The molecule has 0 aliphatic heterocycles. The standard InChI is InChI=1S/C13H19N5/c1-10-8-18(12-7-14-17(2)9-12)13(15-10)16-11-5-3-4-6-11/h7-9,11H,3-6H2,1-2H3,(H,15,16). The average Bonchev–Trinajstić information content (AvgIpc) is 3.01. The van der Waals surface area contributed by atoms with E-state index in [1.165, 1.54) is 25.7 Å². The van der Waals surface area contributed by atoms with Gasteiger partial charge in [0.15, 0.2) is 0 Å². The first kappa shape index (κ1) is 11.3. The van der Waals surface area contributed by atoms with E-state index in [2.05, 4.69) is 20.0 Å².